The maximum atomic E-state index is 5.98. The Morgan fingerprint density at radius 2 is 2.00 bits per heavy atom. The second kappa shape index (κ2) is 6.36. The third-order valence-corrected chi connectivity index (χ3v) is 3.11. The minimum absolute atomic E-state index is 0.475. The van der Waals surface area contributed by atoms with Crippen LogP contribution in [0.5, 0.6) is 0 Å². The molecule has 1 rings (SSSR count). The van der Waals surface area contributed by atoms with E-state index in [0.29, 0.717) is 11.9 Å². The maximum Gasteiger partial charge on any atom is 0.0495 e. The molecule has 0 aromatic heterocycles. The van der Waals surface area contributed by atoms with Crippen molar-refractivity contribution >= 4 is 28.9 Å². The first kappa shape index (κ1) is 13.7. The lowest BCUT2D eigenvalue weighted by Crippen LogP contribution is -2.32. The van der Waals surface area contributed by atoms with Gasteiger partial charge in [-0.05, 0) is 44.0 Å². The van der Waals surface area contributed by atoms with Crippen LogP contribution in [0, 0.1) is 0 Å². The van der Waals surface area contributed by atoms with E-state index in [1.54, 1.807) is 0 Å². The molecule has 0 bridgehead atoms. The van der Waals surface area contributed by atoms with Crippen LogP contribution >= 0.6 is 23.2 Å². The third kappa shape index (κ3) is 3.29. The number of halogens is 2. The average Bonchev–Trinajstić information content (AvgIpc) is 2.26. The molecule has 0 saturated heterocycles. The fourth-order valence-corrected chi connectivity index (χ4v) is 2.25. The van der Waals surface area contributed by atoms with Crippen molar-refractivity contribution in [2.24, 2.45) is 0 Å². The van der Waals surface area contributed by atoms with Crippen molar-refractivity contribution in [3.05, 3.63) is 28.8 Å². The molecule has 1 nitrogen and oxygen atoms in total. The third-order valence-electron chi connectivity index (χ3n) is 2.58. The van der Waals surface area contributed by atoms with Crippen molar-refractivity contribution in [1.29, 1.82) is 0 Å². The fraction of sp³-hybridized carbons (Fsp3) is 0.538. The molecule has 1 aromatic carbocycles. The van der Waals surface area contributed by atoms with Gasteiger partial charge in [0.1, 0.15) is 0 Å². The molecule has 16 heavy (non-hydrogen) atoms. The number of benzene rings is 1. The van der Waals surface area contributed by atoms with Crippen LogP contribution in [0.2, 0.25) is 5.02 Å². The summed E-state index contributed by atoms with van der Waals surface area (Å²) in [4.78, 5) is 2.37. The number of rotatable bonds is 5. The largest absolute Gasteiger partial charge is 0.369 e. The Bertz CT molecular complexity index is 337. The lowest BCUT2D eigenvalue weighted by atomic mass is 10.1. The van der Waals surface area contributed by atoms with Crippen molar-refractivity contribution in [3.63, 3.8) is 0 Å². The minimum Gasteiger partial charge on any atom is -0.369 e. The highest BCUT2D eigenvalue weighted by atomic mass is 35.5. The molecule has 0 aliphatic heterocycles. The first-order valence-electron chi connectivity index (χ1n) is 5.71. The van der Waals surface area contributed by atoms with Crippen LogP contribution in [0.4, 0.5) is 5.69 Å². The van der Waals surface area contributed by atoms with E-state index in [9.17, 15) is 0 Å². The molecule has 0 atom stereocenters. The van der Waals surface area contributed by atoms with E-state index in [1.165, 1.54) is 5.69 Å². The molecule has 0 saturated carbocycles. The highest BCUT2D eigenvalue weighted by Crippen LogP contribution is 2.27. The molecular weight excluding hydrogens is 241 g/mol. The molecule has 0 unspecified atom stereocenters. The Morgan fingerprint density at radius 3 is 2.50 bits per heavy atom. The molecule has 0 aliphatic carbocycles. The topological polar surface area (TPSA) is 3.24 Å². The van der Waals surface area contributed by atoms with E-state index in [-0.39, 0.29) is 0 Å². The minimum atomic E-state index is 0.475. The number of hydrogen-bond acceptors (Lipinski definition) is 1. The van der Waals surface area contributed by atoms with Gasteiger partial charge in [-0.25, -0.2) is 0 Å². The van der Waals surface area contributed by atoms with Crippen LogP contribution in [0.15, 0.2) is 18.2 Å². The fourth-order valence-electron chi connectivity index (χ4n) is 1.84. The Balaban J connectivity index is 3.07. The van der Waals surface area contributed by atoms with Crippen LogP contribution in [-0.4, -0.2) is 12.6 Å². The monoisotopic (exact) mass is 259 g/mol. The first-order valence-corrected chi connectivity index (χ1v) is 6.62. The van der Waals surface area contributed by atoms with Gasteiger partial charge in [-0.3, -0.25) is 0 Å². The predicted octanol–water partition coefficient (Wildman–Crippen LogP) is 4.70. The Labute approximate surface area is 108 Å². The van der Waals surface area contributed by atoms with E-state index in [4.69, 9.17) is 23.2 Å². The number of anilines is 1. The standard InChI is InChI=1S/C13H19Cl2N/c1-4-7-16(10(2)3)13-6-5-12(15)8-11(13)9-14/h5-6,8,10H,4,7,9H2,1-3H3. The number of alkyl halides is 1. The van der Waals surface area contributed by atoms with Crippen molar-refractivity contribution in [2.75, 3.05) is 11.4 Å². The summed E-state index contributed by atoms with van der Waals surface area (Å²) in [7, 11) is 0. The predicted molar refractivity (Wildman–Crippen MR) is 73.8 cm³/mol. The van der Waals surface area contributed by atoms with Crippen molar-refractivity contribution in [3.8, 4) is 0 Å². The number of hydrogen-bond donors (Lipinski definition) is 0. The quantitative estimate of drug-likeness (QED) is 0.693. The van der Waals surface area contributed by atoms with E-state index in [0.717, 1.165) is 23.6 Å². The summed E-state index contributed by atoms with van der Waals surface area (Å²) in [5.41, 5.74) is 2.31. The lowest BCUT2D eigenvalue weighted by Gasteiger charge is -2.30. The molecule has 0 aliphatic rings. The van der Waals surface area contributed by atoms with Crippen LogP contribution in [0.25, 0.3) is 0 Å². The van der Waals surface area contributed by atoms with E-state index < -0.39 is 0 Å². The molecule has 0 radical (unpaired) electrons. The molecular formula is C13H19Cl2N. The molecule has 0 amide bonds. The summed E-state index contributed by atoms with van der Waals surface area (Å²) in [5.74, 6) is 0.503. The van der Waals surface area contributed by atoms with Crippen LogP contribution in [0.1, 0.15) is 32.8 Å². The van der Waals surface area contributed by atoms with Gasteiger partial charge in [0.2, 0.25) is 0 Å². The zero-order chi connectivity index (χ0) is 12.1. The zero-order valence-corrected chi connectivity index (χ0v) is 11.6. The highest BCUT2D eigenvalue weighted by Gasteiger charge is 2.13. The summed E-state index contributed by atoms with van der Waals surface area (Å²) in [6.45, 7) is 7.62. The van der Waals surface area contributed by atoms with Crippen LogP contribution < -0.4 is 4.90 Å². The normalized spacial score (nSPS) is 10.9. The molecule has 90 valence electrons. The Morgan fingerprint density at radius 1 is 1.31 bits per heavy atom. The summed E-state index contributed by atoms with van der Waals surface area (Å²) >= 11 is 11.9. The van der Waals surface area contributed by atoms with Crippen LogP contribution in [0.3, 0.4) is 0 Å². The van der Waals surface area contributed by atoms with E-state index in [1.807, 2.05) is 12.1 Å². The maximum absolute atomic E-state index is 5.98. The van der Waals surface area contributed by atoms with Crippen molar-refractivity contribution in [1.82, 2.24) is 0 Å². The first-order chi connectivity index (χ1) is 7.60. The summed E-state index contributed by atoms with van der Waals surface area (Å²) in [6.07, 6.45) is 1.13. The van der Waals surface area contributed by atoms with E-state index in [2.05, 4.69) is 31.7 Å². The zero-order valence-electron chi connectivity index (χ0n) is 10.1. The number of nitrogens with zero attached hydrogens (tertiary/aromatic N) is 1. The molecule has 0 heterocycles. The van der Waals surface area contributed by atoms with Gasteiger partial charge in [-0.15, -0.1) is 11.6 Å². The van der Waals surface area contributed by atoms with Gasteiger partial charge in [0.25, 0.3) is 0 Å². The molecule has 1 aromatic rings. The van der Waals surface area contributed by atoms with Gasteiger partial charge in [-0.2, -0.15) is 0 Å². The van der Waals surface area contributed by atoms with Crippen molar-refractivity contribution < 1.29 is 0 Å². The second-order valence-corrected chi connectivity index (χ2v) is 4.90. The molecule has 0 N–H and O–H groups in total. The Hall–Kier alpha value is -0.400. The second-order valence-electron chi connectivity index (χ2n) is 4.19. The van der Waals surface area contributed by atoms with Gasteiger partial charge in [-0.1, -0.05) is 18.5 Å². The summed E-state index contributed by atoms with van der Waals surface area (Å²) in [5, 5.41) is 0.750. The molecule has 0 fully saturated rings. The average molecular weight is 260 g/mol. The lowest BCUT2D eigenvalue weighted by molar-refractivity contribution is 0.669. The van der Waals surface area contributed by atoms with E-state index >= 15 is 0 Å². The van der Waals surface area contributed by atoms with Gasteiger partial charge in [0.05, 0.1) is 0 Å². The smallest absolute Gasteiger partial charge is 0.0495 e. The van der Waals surface area contributed by atoms with Crippen molar-refractivity contribution in [2.45, 2.75) is 39.1 Å². The van der Waals surface area contributed by atoms with Gasteiger partial charge < -0.3 is 4.90 Å². The summed E-state index contributed by atoms with van der Waals surface area (Å²) in [6, 6.07) is 6.42. The molecule has 0 spiro atoms. The van der Waals surface area contributed by atoms with Gasteiger partial charge in [0.15, 0.2) is 0 Å². The van der Waals surface area contributed by atoms with Gasteiger partial charge >= 0.3 is 0 Å². The highest BCUT2D eigenvalue weighted by molar-refractivity contribution is 6.30. The SMILES string of the molecule is CCCN(c1ccc(Cl)cc1CCl)C(C)C. The molecule has 3 heteroatoms. The van der Waals surface area contributed by atoms with Crippen LogP contribution in [-0.2, 0) is 5.88 Å². The summed E-state index contributed by atoms with van der Waals surface area (Å²) < 4.78 is 0. The Kier molecular flexibility index (Phi) is 5.43. The van der Waals surface area contributed by atoms with Gasteiger partial charge in [0, 0.05) is 29.2 Å².